The van der Waals surface area contributed by atoms with Crippen LogP contribution >= 0.6 is 0 Å². The number of aromatic nitrogens is 2. The molecule has 112 valence electrons. The Hall–Kier alpha value is -3.02. The molecule has 0 bridgehead atoms. The first-order valence-corrected chi connectivity index (χ1v) is 6.63. The molecule has 6 heteroatoms. The van der Waals surface area contributed by atoms with Gasteiger partial charge in [0.15, 0.2) is 11.5 Å². The molecule has 0 spiro atoms. The number of anilines is 1. The summed E-state index contributed by atoms with van der Waals surface area (Å²) in [4.78, 5) is 0. The van der Waals surface area contributed by atoms with Gasteiger partial charge in [-0.05, 0) is 36.4 Å². The fourth-order valence-electron chi connectivity index (χ4n) is 2.10. The maximum atomic E-state index is 5.76. The summed E-state index contributed by atoms with van der Waals surface area (Å²) in [6, 6.07) is 12.7. The highest BCUT2D eigenvalue weighted by atomic mass is 16.5. The predicted molar refractivity (Wildman–Crippen MR) is 82.7 cm³/mol. The van der Waals surface area contributed by atoms with Gasteiger partial charge in [0.25, 0.3) is 0 Å². The highest BCUT2D eigenvalue weighted by Crippen LogP contribution is 2.32. The third-order valence-electron chi connectivity index (χ3n) is 3.19. The van der Waals surface area contributed by atoms with Crippen LogP contribution in [-0.2, 0) is 0 Å². The van der Waals surface area contributed by atoms with Gasteiger partial charge in [-0.1, -0.05) is 6.07 Å². The van der Waals surface area contributed by atoms with Gasteiger partial charge in [-0.2, -0.15) is 0 Å². The Kier molecular flexibility index (Phi) is 3.65. The molecule has 0 aliphatic carbocycles. The number of nitrogens with two attached hydrogens (primary N) is 1. The Morgan fingerprint density at radius 3 is 2.18 bits per heavy atom. The van der Waals surface area contributed by atoms with Crippen molar-refractivity contribution in [2.24, 2.45) is 0 Å². The smallest absolute Gasteiger partial charge is 0.248 e. The standard InChI is InChI=1S/C16H15N3O3/c1-20-13-7-6-11(9-14(13)21-2)16-19-18-15(22-16)10-4-3-5-12(17)8-10/h3-9H,17H2,1-2H3. The van der Waals surface area contributed by atoms with Crippen LogP contribution in [-0.4, -0.2) is 24.4 Å². The topological polar surface area (TPSA) is 83.4 Å². The highest BCUT2D eigenvalue weighted by molar-refractivity contribution is 5.63. The Morgan fingerprint density at radius 2 is 1.55 bits per heavy atom. The summed E-state index contributed by atoms with van der Waals surface area (Å²) in [5.41, 5.74) is 7.93. The van der Waals surface area contributed by atoms with Crippen molar-refractivity contribution in [2.75, 3.05) is 20.0 Å². The van der Waals surface area contributed by atoms with Gasteiger partial charge in [0.1, 0.15) is 0 Å². The molecule has 22 heavy (non-hydrogen) atoms. The van der Waals surface area contributed by atoms with Gasteiger partial charge in [0.2, 0.25) is 11.8 Å². The third-order valence-corrected chi connectivity index (χ3v) is 3.19. The van der Waals surface area contributed by atoms with Crippen molar-refractivity contribution in [3.63, 3.8) is 0 Å². The second kappa shape index (κ2) is 5.77. The van der Waals surface area contributed by atoms with Crippen LogP contribution in [0.15, 0.2) is 46.9 Å². The molecule has 0 aliphatic rings. The Morgan fingerprint density at radius 1 is 0.864 bits per heavy atom. The summed E-state index contributed by atoms with van der Waals surface area (Å²) in [5, 5.41) is 8.13. The van der Waals surface area contributed by atoms with E-state index in [4.69, 9.17) is 19.6 Å². The first-order chi connectivity index (χ1) is 10.7. The van der Waals surface area contributed by atoms with E-state index in [1.807, 2.05) is 18.2 Å². The summed E-state index contributed by atoms with van der Waals surface area (Å²) >= 11 is 0. The van der Waals surface area contributed by atoms with Gasteiger partial charge in [-0.25, -0.2) is 0 Å². The fraction of sp³-hybridized carbons (Fsp3) is 0.125. The molecule has 1 heterocycles. The molecule has 0 saturated heterocycles. The number of rotatable bonds is 4. The first kappa shape index (κ1) is 13.9. The van der Waals surface area contributed by atoms with E-state index in [9.17, 15) is 0 Å². The van der Waals surface area contributed by atoms with Gasteiger partial charge >= 0.3 is 0 Å². The summed E-state index contributed by atoms with van der Waals surface area (Å²) in [7, 11) is 3.16. The quantitative estimate of drug-likeness (QED) is 0.745. The molecule has 0 aliphatic heterocycles. The van der Waals surface area contributed by atoms with E-state index in [-0.39, 0.29) is 0 Å². The fourth-order valence-corrected chi connectivity index (χ4v) is 2.10. The number of nitrogens with zero attached hydrogens (tertiary/aromatic N) is 2. The Labute approximate surface area is 127 Å². The third kappa shape index (κ3) is 2.58. The molecule has 0 unspecified atom stereocenters. The number of nitrogen functional groups attached to an aromatic ring is 1. The SMILES string of the molecule is COc1ccc(-c2nnc(-c3cccc(N)c3)o2)cc1OC. The maximum absolute atomic E-state index is 5.76. The van der Waals surface area contributed by atoms with Crippen molar-refractivity contribution < 1.29 is 13.9 Å². The zero-order chi connectivity index (χ0) is 15.5. The summed E-state index contributed by atoms with van der Waals surface area (Å²) in [6.07, 6.45) is 0. The van der Waals surface area contributed by atoms with E-state index < -0.39 is 0 Å². The molecule has 0 fully saturated rings. The van der Waals surface area contributed by atoms with E-state index in [1.54, 1.807) is 38.5 Å². The number of ether oxygens (including phenoxy) is 2. The van der Waals surface area contributed by atoms with Gasteiger partial charge in [0, 0.05) is 16.8 Å². The molecule has 2 N–H and O–H groups in total. The molecule has 3 rings (SSSR count). The van der Waals surface area contributed by atoms with E-state index >= 15 is 0 Å². The van der Waals surface area contributed by atoms with E-state index in [0.717, 1.165) is 11.1 Å². The first-order valence-electron chi connectivity index (χ1n) is 6.63. The van der Waals surface area contributed by atoms with Crippen molar-refractivity contribution in [1.82, 2.24) is 10.2 Å². The molecule has 0 amide bonds. The normalized spacial score (nSPS) is 10.5. The van der Waals surface area contributed by atoms with Crippen LogP contribution in [0.1, 0.15) is 0 Å². The Balaban J connectivity index is 1.97. The van der Waals surface area contributed by atoms with Crippen molar-refractivity contribution in [1.29, 1.82) is 0 Å². The molecular formula is C16H15N3O3. The monoisotopic (exact) mass is 297 g/mol. The zero-order valence-corrected chi connectivity index (χ0v) is 12.2. The lowest BCUT2D eigenvalue weighted by molar-refractivity contribution is 0.355. The van der Waals surface area contributed by atoms with Crippen molar-refractivity contribution in [3.05, 3.63) is 42.5 Å². The number of methoxy groups -OCH3 is 2. The maximum Gasteiger partial charge on any atom is 0.248 e. The van der Waals surface area contributed by atoms with E-state index in [0.29, 0.717) is 29.0 Å². The predicted octanol–water partition coefficient (Wildman–Crippen LogP) is 3.00. The number of benzene rings is 2. The molecule has 2 aromatic carbocycles. The van der Waals surface area contributed by atoms with E-state index in [1.165, 1.54) is 0 Å². The molecule has 6 nitrogen and oxygen atoms in total. The molecule has 0 radical (unpaired) electrons. The summed E-state index contributed by atoms with van der Waals surface area (Å²) in [5.74, 6) is 2.06. The molecule has 3 aromatic rings. The van der Waals surface area contributed by atoms with Crippen LogP contribution in [0.4, 0.5) is 5.69 Å². The lowest BCUT2D eigenvalue weighted by Crippen LogP contribution is -1.90. The van der Waals surface area contributed by atoms with Crippen LogP contribution in [0.25, 0.3) is 22.9 Å². The largest absolute Gasteiger partial charge is 0.493 e. The summed E-state index contributed by atoms with van der Waals surface area (Å²) < 4.78 is 16.2. The van der Waals surface area contributed by atoms with Crippen LogP contribution in [0, 0.1) is 0 Å². The molecular weight excluding hydrogens is 282 g/mol. The van der Waals surface area contributed by atoms with Gasteiger partial charge in [0.05, 0.1) is 14.2 Å². The minimum Gasteiger partial charge on any atom is -0.493 e. The molecule has 1 aromatic heterocycles. The zero-order valence-electron chi connectivity index (χ0n) is 12.2. The number of hydrogen-bond donors (Lipinski definition) is 1. The van der Waals surface area contributed by atoms with Crippen molar-refractivity contribution in [2.45, 2.75) is 0 Å². The number of hydrogen-bond acceptors (Lipinski definition) is 6. The minimum atomic E-state index is 0.401. The van der Waals surface area contributed by atoms with Gasteiger partial charge < -0.3 is 19.6 Å². The average Bonchev–Trinajstić information content (AvgIpc) is 3.04. The van der Waals surface area contributed by atoms with Gasteiger partial charge in [-0.15, -0.1) is 10.2 Å². The van der Waals surface area contributed by atoms with Crippen LogP contribution in [0.2, 0.25) is 0 Å². The van der Waals surface area contributed by atoms with Crippen LogP contribution < -0.4 is 15.2 Å². The van der Waals surface area contributed by atoms with Crippen LogP contribution in [0.5, 0.6) is 11.5 Å². The molecule has 0 saturated carbocycles. The van der Waals surface area contributed by atoms with Crippen LogP contribution in [0.3, 0.4) is 0 Å². The average molecular weight is 297 g/mol. The second-order valence-corrected chi connectivity index (χ2v) is 4.61. The Bertz CT molecular complexity index is 799. The summed E-state index contributed by atoms with van der Waals surface area (Å²) in [6.45, 7) is 0. The van der Waals surface area contributed by atoms with Crippen molar-refractivity contribution in [3.8, 4) is 34.4 Å². The highest BCUT2D eigenvalue weighted by Gasteiger charge is 2.13. The van der Waals surface area contributed by atoms with Gasteiger partial charge in [-0.3, -0.25) is 0 Å². The lowest BCUT2D eigenvalue weighted by Gasteiger charge is -2.07. The second-order valence-electron chi connectivity index (χ2n) is 4.61. The van der Waals surface area contributed by atoms with E-state index in [2.05, 4.69) is 10.2 Å². The van der Waals surface area contributed by atoms with Crippen molar-refractivity contribution >= 4 is 5.69 Å². The lowest BCUT2D eigenvalue weighted by atomic mass is 10.2. The minimum absolute atomic E-state index is 0.401. The molecule has 0 atom stereocenters.